The van der Waals surface area contributed by atoms with Gasteiger partial charge in [-0.2, -0.15) is 13.2 Å². The van der Waals surface area contributed by atoms with Gasteiger partial charge in [-0.1, -0.05) is 47.4 Å². The third-order valence-corrected chi connectivity index (χ3v) is 7.93. The Hall–Kier alpha value is -3.05. The molecule has 1 aromatic heterocycles. The van der Waals surface area contributed by atoms with Crippen LogP contribution in [-0.4, -0.2) is 27.2 Å². The van der Waals surface area contributed by atoms with Gasteiger partial charge < -0.3 is 10.1 Å². The highest BCUT2D eigenvalue weighted by molar-refractivity contribution is 8.00. The Labute approximate surface area is 186 Å². The van der Waals surface area contributed by atoms with E-state index >= 15 is 0 Å². The molecule has 1 saturated heterocycles. The lowest BCUT2D eigenvalue weighted by atomic mass is 9.82. The monoisotopic (exact) mass is 478 g/mol. The molecule has 3 aromatic rings. The van der Waals surface area contributed by atoms with Gasteiger partial charge in [0.05, 0.1) is 22.2 Å². The SMILES string of the molecule is O=C1[C@H]2[C@H](c3ccccc3O)c3sc(=O)[nH]c3S[C@H]2C(=O)N1c1cccc(C(F)(F)F)c1. The molecule has 5 rings (SSSR count). The number of halogens is 3. The molecule has 32 heavy (non-hydrogen) atoms. The Bertz CT molecular complexity index is 1320. The maximum Gasteiger partial charge on any atom is 0.416 e. The zero-order valence-corrected chi connectivity index (χ0v) is 17.6. The van der Waals surface area contributed by atoms with Gasteiger partial charge in [-0.3, -0.25) is 14.4 Å². The number of H-pyrrole nitrogens is 1. The molecular formula is C21H13F3N2O4S2. The summed E-state index contributed by atoms with van der Waals surface area (Å²) in [5.41, 5.74) is -0.775. The van der Waals surface area contributed by atoms with Crippen LogP contribution in [0.3, 0.4) is 0 Å². The first kappa shape index (κ1) is 20.8. The summed E-state index contributed by atoms with van der Waals surface area (Å²) in [6.07, 6.45) is -4.63. The number of aromatic nitrogens is 1. The fourth-order valence-electron chi connectivity index (χ4n) is 4.18. The van der Waals surface area contributed by atoms with E-state index in [9.17, 15) is 32.7 Å². The number of imide groups is 1. The molecule has 0 spiro atoms. The average Bonchev–Trinajstić information content (AvgIpc) is 3.23. The second-order valence-electron chi connectivity index (χ2n) is 7.37. The van der Waals surface area contributed by atoms with E-state index in [1.54, 1.807) is 18.2 Å². The molecule has 2 aliphatic rings. The molecule has 0 unspecified atom stereocenters. The minimum absolute atomic E-state index is 0.104. The van der Waals surface area contributed by atoms with Crippen molar-refractivity contribution in [2.45, 2.75) is 22.4 Å². The zero-order valence-electron chi connectivity index (χ0n) is 15.9. The number of alkyl halides is 3. The summed E-state index contributed by atoms with van der Waals surface area (Å²) in [5.74, 6) is -3.23. The summed E-state index contributed by atoms with van der Waals surface area (Å²) >= 11 is 1.89. The standard InChI is InChI=1S/C21H13F3N2O4S2/c22-21(23,24)9-4-3-5-10(8-9)26-18(28)14-13(11-6-1-2-7-12(11)27)15-17(25-20(30)32-15)31-16(14)19(26)29/h1-8,13-14,16,27H,(H,25,30)/t13-,14-,16+/m0/s1. The smallest absolute Gasteiger partial charge is 0.416 e. The Morgan fingerprint density at radius 2 is 1.75 bits per heavy atom. The molecule has 2 aromatic carbocycles. The predicted octanol–water partition coefficient (Wildman–Crippen LogP) is 3.96. The number of fused-ring (bicyclic) bond motifs is 2. The molecule has 1 fully saturated rings. The number of benzene rings is 2. The number of hydrogen-bond donors (Lipinski definition) is 2. The van der Waals surface area contributed by atoms with Crippen LogP contribution in [0.15, 0.2) is 58.4 Å². The summed E-state index contributed by atoms with van der Waals surface area (Å²) < 4.78 is 39.6. The van der Waals surface area contributed by atoms with Crippen molar-refractivity contribution >= 4 is 40.6 Å². The van der Waals surface area contributed by atoms with E-state index in [4.69, 9.17) is 0 Å². The Morgan fingerprint density at radius 3 is 2.47 bits per heavy atom. The van der Waals surface area contributed by atoms with Crippen LogP contribution in [0.1, 0.15) is 21.9 Å². The van der Waals surface area contributed by atoms with Crippen LogP contribution < -0.4 is 9.77 Å². The van der Waals surface area contributed by atoms with Gasteiger partial charge in [0, 0.05) is 16.4 Å². The van der Waals surface area contributed by atoms with Gasteiger partial charge in [-0.25, -0.2) is 4.90 Å². The summed E-state index contributed by atoms with van der Waals surface area (Å²) in [5, 5.41) is 9.91. The minimum Gasteiger partial charge on any atom is -0.508 e. The van der Waals surface area contributed by atoms with E-state index in [1.165, 1.54) is 12.1 Å². The lowest BCUT2D eigenvalue weighted by Gasteiger charge is -2.30. The van der Waals surface area contributed by atoms with Crippen molar-refractivity contribution < 1.29 is 27.9 Å². The topological polar surface area (TPSA) is 90.5 Å². The number of anilines is 1. The molecule has 3 heterocycles. The van der Waals surface area contributed by atoms with Crippen molar-refractivity contribution in [3.63, 3.8) is 0 Å². The highest BCUT2D eigenvalue weighted by Gasteiger charge is 2.56. The number of phenols is 1. The second kappa shape index (κ2) is 7.24. The van der Waals surface area contributed by atoms with Crippen LogP contribution >= 0.6 is 23.1 Å². The van der Waals surface area contributed by atoms with Crippen molar-refractivity contribution in [1.29, 1.82) is 0 Å². The van der Waals surface area contributed by atoms with Crippen LogP contribution in [-0.2, 0) is 15.8 Å². The van der Waals surface area contributed by atoms with Gasteiger partial charge in [-0.05, 0) is 24.3 Å². The molecule has 2 aliphatic heterocycles. The van der Waals surface area contributed by atoms with Crippen LogP contribution in [0.5, 0.6) is 5.75 Å². The number of rotatable bonds is 2. The predicted molar refractivity (Wildman–Crippen MR) is 112 cm³/mol. The van der Waals surface area contributed by atoms with Gasteiger partial charge in [0.2, 0.25) is 11.8 Å². The molecule has 0 bridgehead atoms. The number of nitrogens with zero attached hydrogens (tertiary/aromatic N) is 1. The number of amides is 2. The molecule has 0 aliphatic carbocycles. The van der Waals surface area contributed by atoms with E-state index in [2.05, 4.69) is 4.98 Å². The lowest BCUT2D eigenvalue weighted by Crippen LogP contribution is -2.32. The van der Waals surface area contributed by atoms with Crippen molar-refractivity contribution in [2.75, 3.05) is 4.90 Å². The number of aromatic amines is 1. The summed E-state index contributed by atoms with van der Waals surface area (Å²) in [7, 11) is 0. The quantitative estimate of drug-likeness (QED) is 0.545. The molecule has 11 heteroatoms. The van der Waals surface area contributed by atoms with Crippen molar-refractivity contribution in [3.8, 4) is 5.75 Å². The zero-order chi connectivity index (χ0) is 22.8. The van der Waals surface area contributed by atoms with Gasteiger partial charge in [0.15, 0.2) is 0 Å². The maximum absolute atomic E-state index is 13.5. The first-order valence-electron chi connectivity index (χ1n) is 9.39. The third-order valence-electron chi connectivity index (χ3n) is 5.53. The van der Waals surface area contributed by atoms with Crippen LogP contribution in [0, 0.1) is 5.92 Å². The molecule has 3 atom stereocenters. The van der Waals surface area contributed by atoms with E-state index in [1.807, 2.05) is 0 Å². The number of carbonyl (C=O) groups is 2. The molecule has 0 radical (unpaired) electrons. The summed E-state index contributed by atoms with van der Waals surface area (Å²) in [4.78, 5) is 42.3. The average molecular weight is 478 g/mol. The number of nitrogens with one attached hydrogen (secondary N) is 1. The van der Waals surface area contributed by atoms with E-state index in [0.29, 0.717) is 15.5 Å². The molecule has 6 nitrogen and oxygen atoms in total. The molecular weight excluding hydrogens is 465 g/mol. The van der Waals surface area contributed by atoms with Crippen molar-refractivity contribution in [2.24, 2.45) is 5.92 Å². The fourth-order valence-corrected chi connectivity index (χ4v) is 6.68. The largest absolute Gasteiger partial charge is 0.508 e. The van der Waals surface area contributed by atoms with Crippen LogP contribution in [0.25, 0.3) is 0 Å². The van der Waals surface area contributed by atoms with Crippen LogP contribution in [0.4, 0.5) is 18.9 Å². The van der Waals surface area contributed by atoms with Crippen molar-refractivity contribution in [1.82, 2.24) is 4.98 Å². The minimum atomic E-state index is -4.63. The van der Waals surface area contributed by atoms with E-state index < -0.39 is 40.6 Å². The van der Waals surface area contributed by atoms with Gasteiger partial charge >= 0.3 is 11.0 Å². The molecule has 2 amide bonds. The summed E-state index contributed by atoms with van der Waals surface area (Å²) in [6.45, 7) is 0. The first-order chi connectivity index (χ1) is 15.2. The number of hydrogen-bond acceptors (Lipinski definition) is 6. The van der Waals surface area contributed by atoms with E-state index in [0.717, 1.165) is 46.2 Å². The van der Waals surface area contributed by atoms with Gasteiger partial charge in [0.1, 0.15) is 11.0 Å². The number of thioether (sulfide) groups is 1. The van der Waals surface area contributed by atoms with Gasteiger partial charge in [0.25, 0.3) is 0 Å². The Kier molecular flexibility index (Phi) is 4.71. The Balaban J connectivity index is 1.64. The van der Waals surface area contributed by atoms with E-state index in [-0.39, 0.29) is 16.3 Å². The first-order valence-corrected chi connectivity index (χ1v) is 11.1. The van der Waals surface area contributed by atoms with Gasteiger partial charge in [-0.15, -0.1) is 0 Å². The maximum atomic E-state index is 13.5. The molecule has 0 saturated carbocycles. The summed E-state index contributed by atoms with van der Waals surface area (Å²) in [6, 6.07) is 10.4. The van der Waals surface area contributed by atoms with Crippen LogP contribution in [0.2, 0.25) is 0 Å². The number of aromatic hydroxyl groups is 1. The second-order valence-corrected chi connectivity index (χ2v) is 9.54. The highest BCUT2D eigenvalue weighted by atomic mass is 32.2. The molecule has 2 N–H and O–H groups in total. The molecule has 164 valence electrons. The number of thiazole rings is 1. The highest BCUT2D eigenvalue weighted by Crippen LogP contribution is 2.54. The third kappa shape index (κ3) is 3.15. The Morgan fingerprint density at radius 1 is 1.00 bits per heavy atom. The number of carbonyl (C=O) groups excluding carboxylic acids is 2. The lowest BCUT2D eigenvalue weighted by molar-refractivity contribution is -0.137. The fraction of sp³-hybridized carbons (Fsp3) is 0.190. The number of para-hydroxylation sites is 1. The normalized spacial score (nSPS) is 22.7. The number of phenolic OH excluding ortho intramolecular Hbond substituents is 1. The van der Waals surface area contributed by atoms with Crippen molar-refractivity contribution in [3.05, 3.63) is 74.2 Å².